The van der Waals surface area contributed by atoms with Gasteiger partial charge in [0.25, 0.3) is 0 Å². The number of allylic oxidation sites excluding steroid dienone is 4. The van der Waals surface area contributed by atoms with E-state index in [0.29, 0.717) is 11.6 Å². The molecule has 7 N–H and O–H groups in total. The highest BCUT2D eigenvalue weighted by Gasteiger charge is 2.30. The van der Waals surface area contributed by atoms with Crippen molar-refractivity contribution in [3.8, 4) is 11.1 Å². The zero-order chi connectivity index (χ0) is 23.7. The third kappa shape index (κ3) is 4.51. The standard InChI is InChI=1S/C24H33FN8/c1-14-17(5-6-19(27)22(14)25)23-18(15-4-7-21(32(3)28)20(12-15)29-2)13-30-24(31-23)33-10-8-16(26)9-11-33/h4-7,12-14,16,22,29H,8-11,26-28H2,1-3H3. The number of nitrogens with one attached hydrogen (secondary N) is 1. The number of hydrazine groups is 1. The van der Waals surface area contributed by atoms with Crippen LogP contribution in [-0.2, 0) is 0 Å². The summed E-state index contributed by atoms with van der Waals surface area (Å²) >= 11 is 0. The van der Waals surface area contributed by atoms with Gasteiger partial charge in [0, 0.05) is 56.6 Å². The molecule has 1 aliphatic heterocycles. The van der Waals surface area contributed by atoms with Gasteiger partial charge in [0.1, 0.15) is 6.17 Å². The Balaban J connectivity index is 1.83. The van der Waals surface area contributed by atoms with Gasteiger partial charge in [-0.1, -0.05) is 19.1 Å². The topological polar surface area (TPSA) is 122 Å². The number of aromatic nitrogens is 2. The van der Waals surface area contributed by atoms with Gasteiger partial charge in [0.2, 0.25) is 5.95 Å². The summed E-state index contributed by atoms with van der Waals surface area (Å²) in [5, 5.41) is 4.75. The first-order chi connectivity index (χ1) is 15.8. The lowest BCUT2D eigenvalue weighted by molar-refractivity contribution is 0.321. The van der Waals surface area contributed by atoms with Crippen molar-refractivity contribution in [2.24, 2.45) is 23.2 Å². The van der Waals surface area contributed by atoms with Crippen molar-refractivity contribution in [3.63, 3.8) is 0 Å². The Morgan fingerprint density at radius 2 is 1.94 bits per heavy atom. The lowest BCUT2D eigenvalue weighted by atomic mass is 9.85. The molecule has 4 rings (SSSR count). The third-order valence-corrected chi connectivity index (χ3v) is 6.53. The van der Waals surface area contributed by atoms with Crippen LogP contribution in [0.2, 0.25) is 0 Å². The molecule has 0 radical (unpaired) electrons. The van der Waals surface area contributed by atoms with Gasteiger partial charge in [-0.25, -0.2) is 20.2 Å². The fourth-order valence-corrected chi connectivity index (χ4v) is 4.44. The molecule has 2 aliphatic rings. The Morgan fingerprint density at radius 1 is 1.21 bits per heavy atom. The quantitative estimate of drug-likeness (QED) is 0.403. The summed E-state index contributed by atoms with van der Waals surface area (Å²) in [5.74, 6) is 6.18. The van der Waals surface area contributed by atoms with Gasteiger partial charge < -0.3 is 26.7 Å². The van der Waals surface area contributed by atoms with Crippen molar-refractivity contribution in [2.75, 3.05) is 42.4 Å². The van der Waals surface area contributed by atoms with E-state index in [9.17, 15) is 4.39 Å². The van der Waals surface area contributed by atoms with Crippen molar-refractivity contribution in [1.29, 1.82) is 0 Å². The molecule has 0 amide bonds. The van der Waals surface area contributed by atoms with Crippen LogP contribution < -0.4 is 32.5 Å². The van der Waals surface area contributed by atoms with E-state index in [1.165, 1.54) is 0 Å². The number of hydrogen-bond donors (Lipinski definition) is 4. The summed E-state index contributed by atoms with van der Waals surface area (Å²) in [7, 11) is 3.64. The van der Waals surface area contributed by atoms with Crippen LogP contribution in [0, 0.1) is 5.92 Å². The Kier molecular flexibility index (Phi) is 6.53. The normalized spacial score (nSPS) is 21.5. The molecule has 33 heavy (non-hydrogen) atoms. The van der Waals surface area contributed by atoms with Crippen LogP contribution in [0.4, 0.5) is 21.7 Å². The summed E-state index contributed by atoms with van der Waals surface area (Å²) in [4.78, 5) is 11.8. The average Bonchev–Trinajstić information content (AvgIpc) is 2.82. The Hall–Kier alpha value is -3.17. The Labute approximate surface area is 194 Å². The first kappa shape index (κ1) is 23.0. The van der Waals surface area contributed by atoms with E-state index >= 15 is 0 Å². The minimum Gasteiger partial charge on any atom is -0.400 e. The molecular formula is C24H33FN8. The number of halogens is 1. The number of nitrogens with zero attached hydrogens (tertiary/aromatic N) is 4. The number of alkyl halides is 1. The first-order valence-electron chi connectivity index (χ1n) is 11.3. The van der Waals surface area contributed by atoms with Crippen molar-refractivity contribution < 1.29 is 4.39 Å². The number of piperidine rings is 1. The third-order valence-electron chi connectivity index (χ3n) is 6.53. The molecule has 8 nitrogen and oxygen atoms in total. The molecule has 0 spiro atoms. The van der Waals surface area contributed by atoms with Crippen LogP contribution in [0.3, 0.4) is 0 Å². The van der Waals surface area contributed by atoms with Gasteiger partial charge >= 0.3 is 0 Å². The lowest BCUT2D eigenvalue weighted by Gasteiger charge is -2.31. The smallest absolute Gasteiger partial charge is 0.225 e. The second-order valence-corrected chi connectivity index (χ2v) is 8.83. The van der Waals surface area contributed by atoms with Crippen LogP contribution in [0.25, 0.3) is 16.7 Å². The van der Waals surface area contributed by atoms with Crippen LogP contribution in [0.5, 0.6) is 0 Å². The molecule has 2 unspecified atom stereocenters. The highest BCUT2D eigenvalue weighted by molar-refractivity contribution is 5.85. The molecular weight excluding hydrogens is 419 g/mol. The van der Waals surface area contributed by atoms with Crippen molar-refractivity contribution >= 4 is 22.9 Å². The fraction of sp³-hybridized carbons (Fsp3) is 0.417. The Morgan fingerprint density at radius 3 is 2.61 bits per heavy atom. The van der Waals surface area contributed by atoms with Gasteiger partial charge in [0.15, 0.2) is 0 Å². The molecule has 2 aromatic rings. The van der Waals surface area contributed by atoms with E-state index in [0.717, 1.165) is 54.0 Å². The molecule has 1 aliphatic carbocycles. The largest absolute Gasteiger partial charge is 0.400 e. The minimum atomic E-state index is -1.26. The summed E-state index contributed by atoms with van der Waals surface area (Å²) in [6.45, 7) is 3.44. The average molecular weight is 453 g/mol. The SMILES string of the molecule is CNc1cc(-c2cnc(N3CCC(N)CC3)nc2C2=CC=C(N)C(F)C2C)ccc1N(C)N. The van der Waals surface area contributed by atoms with Crippen molar-refractivity contribution in [3.05, 3.63) is 47.9 Å². The molecule has 2 atom stereocenters. The monoisotopic (exact) mass is 452 g/mol. The molecule has 176 valence electrons. The lowest BCUT2D eigenvalue weighted by Crippen LogP contribution is -2.40. The van der Waals surface area contributed by atoms with E-state index in [4.69, 9.17) is 22.3 Å². The summed E-state index contributed by atoms with van der Waals surface area (Å²) in [5.41, 5.74) is 17.2. The molecule has 0 bridgehead atoms. The van der Waals surface area contributed by atoms with Gasteiger partial charge in [-0.2, -0.15) is 0 Å². The first-order valence-corrected chi connectivity index (χ1v) is 11.3. The van der Waals surface area contributed by atoms with Crippen LogP contribution in [-0.4, -0.2) is 49.4 Å². The maximum atomic E-state index is 14.9. The molecule has 9 heteroatoms. The van der Waals surface area contributed by atoms with Crippen molar-refractivity contribution in [2.45, 2.75) is 32.0 Å². The molecule has 1 aromatic heterocycles. The minimum absolute atomic E-state index is 0.209. The maximum Gasteiger partial charge on any atom is 0.225 e. The number of nitrogens with two attached hydrogens (primary N) is 3. The van der Waals surface area contributed by atoms with E-state index in [-0.39, 0.29) is 11.7 Å². The number of hydrogen-bond acceptors (Lipinski definition) is 8. The van der Waals surface area contributed by atoms with Gasteiger partial charge in [-0.3, -0.25) is 0 Å². The second-order valence-electron chi connectivity index (χ2n) is 8.83. The predicted octanol–water partition coefficient (Wildman–Crippen LogP) is 2.64. The number of benzene rings is 1. The van der Waals surface area contributed by atoms with Gasteiger partial charge in [0.05, 0.1) is 17.1 Å². The number of rotatable bonds is 5. The van der Waals surface area contributed by atoms with Gasteiger partial charge in [-0.15, -0.1) is 0 Å². The Bertz CT molecular complexity index is 1070. The van der Waals surface area contributed by atoms with Crippen molar-refractivity contribution in [1.82, 2.24) is 9.97 Å². The van der Waals surface area contributed by atoms with E-state index < -0.39 is 12.1 Å². The predicted molar refractivity (Wildman–Crippen MR) is 133 cm³/mol. The molecule has 2 heterocycles. The molecule has 0 saturated carbocycles. The van der Waals surface area contributed by atoms with E-state index in [1.807, 2.05) is 44.4 Å². The van der Waals surface area contributed by atoms with E-state index in [2.05, 4.69) is 15.2 Å². The van der Waals surface area contributed by atoms with Crippen LogP contribution in [0.15, 0.2) is 42.2 Å². The molecule has 1 aromatic carbocycles. The van der Waals surface area contributed by atoms with Crippen LogP contribution in [0.1, 0.15) is 25.5 Å². The highest BCUT2D eigenvalue weighted by atomic mass is 19.1. The summed E-state index contributed by atoms with van der Waals surface area (Å²) in [6.07, 6.45) is 5.87. The number of anilines is 3. The summed E-state index contributed by atoms with van der Waals surface area (Å²) in [6, 6.07) is 6.14. The van der Waals surface area contributed by atoms with Crippen LogP contribution >= 0.6 is 0 Å². The second kappa shape index (κ2) is 9.36. The van der Waals surface area contributed by atoms with E-state index in [1.54, 1.807) is 18.1 Å². The summed E-state index contributed by atoms with van der Waals surface area (Å²) < 4.78 is 14.9. The highest BCUT2D eigenvalue weighted by Crippen LogP contribution is 2.39. The fourth-order valence-electron chi connectivity index (χ4n) is 4.44. The molecule has 1 fully saturated rings. The van der Waals surface area contributed by atoms with Gasteiger partial charge in [-0.05, 0) is 42.2 Å². The zero-order valence-electron chi connectivity index (χ0n) is 19.4. The molecule has 1 saturated heterocycles. The zero-order valence-corrected chi connectivity index (χ0v) is 19.4. The maximum absolute atomic E-state index is 14.9.